The van der Waals surface area contributed by atoms with E-state index in [1.807, 2.05) is 70.2 Å². The summed E-state index contributed by atoms with van der Waals surface area (Å²) in [5.41, 5.74) is 4.44. The molecule has 168 valence electrons. The van der Waals surface area contributed by atoms with Gasteiger partial charge in [0.05, 0.1) is 16.6 Å². The summed E-state index contributed by atoms with van der Waals surface area (Å²) in [7, 11) is -3.93. The number of hydrogen-bond acceptors (Lipinski definition) is 3. The van der Waals surface area contributed by atoms with Crippen LogP contribution in [0.25, 0.3) is 0 Å². The lowest BCUT2D eigenvalue weighted by Crippen LogP contribution is -2.42. The van der Waals surface area contributed by atoms with Gasteiger partial charge in [0.25, 0.3) is 10.0 Å². The minimum atomic E-state index is -3.93. The molecule has 0 spiro atoms. The van der Waals surface area contributed by atoms with E-state index in [9.17, 15) is 13.2 Å². The van der Waals surface area contributed by atoms with Gasteiger partial charge >= 0.3 is 0 Å². The molecule has 0 aliphatic heterocycles. The SMILES string of the molecule is CC[C@@H](NC(=O)CN(c1ccc(C)c(C)c1)S(=O)(=O)c1ccc(C)cc1)c1ccccc1. The largest absolute Gasteiger partial charge is 0.348 e. The van der Waals surface area contributed by atoms with Gasteiger partial charge in [-0.1, -0.05) is 61.0 Å². The zero-order valence-corrected chi connectivity index (χ0v) is 19.8. The number of carbonyl (C=O) groups excluding carboxylic acids is 1. The van der Waals surface area contributed by atoms with Crippen LogP contribution in [0.3, 0.4) is 0 Å². The van der Waals surface area contributed by atoms with Crippen LogP contribution in [-0.4, -0.2) is 20.9 Å². The quantitative estimate of drug-likeness (QED) is 0.521. The van der Waals surface area contributed by atoms with Crippen molar-refractivity contribution in [2.45, 2.75) is 45.1 Å². The Balaban J connectivity index is 1.94. The maximum Gasteiger partial charge on any atom is 0.264 e. The maximum absolute atomic E-state index is 13.5. The summed E-state index contributed by atoms with van der Waals surface area (Å²) in [5, 5.41) is 3.00. The number of benzene rings is 3. The molecule has 3 rings (SSSR count). The molecular weight excluding hydrogens is 420 g/mol. The van der Waals surface area contributed by atoms with Gasteiger partial charge in [0.15, 0.2) is 0 Å². The topological polar surface area (TPSA) is 66.5 Å². The second-order valence-electron chi connectivity index (χ2n) is 8.03. The summed E-state index contributed by atoms with van der Waals surface area (Å²) >= 11 is 0. The average molecular weight is 451 g/mol. The zero-order valence-electron chi connectivity index (χ0n) is 19.0. The van der Waals surface area contributed by atoms with Crippen molar-refractivity contribution in [2.75, 3.05) is 10.8 Å². The molecular formula is C26H30N2O3S. The molecule has 1 amide bonds. The number of sulfonamides is 1. The number of hydrogen-bond donors (Lipinski definition) is 1. The van der Waals surface area contributed by atoms with Crippen molar-refractivity contribution in [3.05, 3.63) is 95.1 Å². The lowest BCUT2D eigenvalue weighted by molar-refractivity contribution is -0.120. The highest BCUT2D eigenvalue weighted by Gasteiger charge is 2.28. The third-order valence-electron chi connectivity index (χ3n) is 5.62. The molecule has 0 unspecified atom stereocenters. The lowest BCUT2D eigenvalue weighted by Gasteiger charge is -2.26. The number of rotatable bonds is 8. The molecule has 0 heterocycles. The van der Waals surface area contributed by atoms with Crippen LogP contribution in [-0.2, 0) is 14.8 Å². The molecule has 1 N–H and O–H groups in total. The predicted octanol–water partition coefficient (Wildman–Crippen LogP) is 5.07. The Morgan fingerprint density at radius 1 is 0.906 bits per heavy atom. The van der Waals surface area contributed by atoms with E-state index in [4.69, 9.17) is 0 Å². The van der Waals surface area contributed by atoms with Gasteiger partial charge in [-0.3, -0.25) is 9.10 Å². The van der Waals surface area contributed by atoms with Crippen LogP contribution in [0.15, 0.2) is 77.7 Å². The van der Waals surface area contributed by atoms with Gasteiger partial charge in [0, 0.05) is 0 Å². The Morgan fingerprint density at radius 2 is 1.56 bits per heavy atom. The highest BCUT2D eigenvalue weighted by Crippen LogP contribution is 2.26. The zero-order chi connectivity index (χ0) is 23.3. The first-order chi connectivity index (χ1) is 15.2. The van der Waals surface area contributed by atoms with Crippen LogP contribution in [0.4, 0.5) is 5.69 Å². The molecule has 3 aromatic rings. The molecule has 1 atom stereocenters. The smallest absolute Gasteiger partial charge is 0.264 e. The molecule has 0 saturated carbocycles. The maximum atomic E-state index is 13.5. The number of carbonyl (C=O) groups is 1. The van der Waals surface area contributed by atoms with Crippen LogP contribution < -0.4 is 9.62 Å². The molecule has 0 aliphatic carbocycles. The molecule has 0 saturated heterocycles. The molecule has 0 bridgehead atoms. The predicted molar refractivity (Wildman–Crippen MR) is 129 cm³/mol. The molecule has 0 radical (unpaired) electrons. The van der Waals surface area contributed by atoms with E-state index < -0.39 is 10.0 Å². The fraction of sp³-hybridized carbons (Fsp3) is 0.269. The number of nitrogens with zero attached hydrogens (tertiary/aromatic N) is 1. The monoisotopic (exact) mass is 450 g/mol. The molecule has 0 aliphatic rings. The van der Waals surface area contributed by atoms with E-state index in [1.54, 1.807) is 30.3 Å². The summed E-state index contributed by atoms with van der Waals surface area (Å²) in [4.78, 5) is 13.2. The van der Waals surface area contributed by atoms with Crippen LogP contribution in [0.1, 0.15) is 41.6 Å². The first-order valence-corrected chi connectivity index (χ1v) is 12.2. The van der Waals surface area contributed by atoms with Crippen molar-refractivity contribution in [1.82, 2.24) is 5.32 Å². The van der Waals surface area contributed by atoms with Gasteiger partial charge in [-0.25, -0.2) is 8.42 Å². The number of anilines is 1. The number of aryl methyl sites for hydroxylation is 3. The Bertz CT molecular complexity index is 1170. The van der Waals surface area contributed by atoms with Crippen LogP contribution >= 0.6 is 0 Å². The van der Waals surface area contributed by atoms with Crippen molar-refractivity contribution >= 4 is 21.6 Å². The minimum Gasteiger partial charge on any atom is -0.348 e. The van der Waals surface area contributed by atoms with Crippen molar-refractivity contribution in [2.24, 2.45) is 0 Å². The summed E-state index contributed by atoms with van der Waals surface area (Å²) in [6.45, 7) is 7.48. The van der Waals surface area contributed by atoms with E-state index in [0.29, 0.717) is 12.1 Å². The van der Waals surface area contributed by atoms with Crippen molar-refractivity contribution in [3.63, 3.8) is 0 Å². The first-order valence-electron chi connectivity index (χ1n) is 10.7. The Hall–Kier alpha value is -3.12. The lowest BCUT2D eigenvalue weighted by atomic mass is 10.0. The molecule has 32 heavy (non-hydrogen) atoms. The van der Waals surface area contributed by atoms with Crippen molar-refractivity contribution < 1.29 is 13.2 Å². The summed E-state index contributed by atoms with van der Waals surface area (Å²) < 4.78 is 28.3. The minimum absolute atomic E-state index is 0.157. The highest BCUT2D eigenvalue weighted by molar-refractivity contribution is 7.92. The molecule has 0 aromatic heterocycles. The molecule has 6 heteroatoms. The summed E-state index contributed by atoms with van der Waals surface area (Å²) in [6, 6.07) is 21.6. The van der Waals surface area contributed by atoms with E-state index >= 15 is 0 Å². The van der Waals surface area contributed by atoms with E-state index in [-0.39, 0.29) is 23.4 Å². The van der Waals surface area contributed by atoms with E-state index in [0.717, 1.165) is 22.3 Å². The van der Waals surface area contributed by atoms with Gasteiger partial charge in [-0.05, 0) is 68.1 Å². The normalized spacial score (nSPS) is 12.2. The van der Waals surface area contributed by atoms with Gasteiger partial charge in [0.2, 0.25) is 5.91 Å². The van der Waals surface area contributed by atoms with Gasteiger partial charge in [0.1, 0.15) is 6.54 Å². The third kappa shape index (κ3) is 5.37. The summed E-state index contributed by atoms with van der Waals surface area (Å²) in [5.74, 6) is -0.352. The fourth-order valence-corrected chi connectivity index (χ4v) is 4.92. The van der Waals surface area contributed by atoms with Crippen LogP contribution in [0, 0.1) is 20.8 Å². The van der Waals surface area contributed by atoms with Gasteiger partial charge in [-0.2, -0.15) is 0 Å². The number of nitrogens with one attached hydrogen (secondary N) is 1. The third-order valence-corrected chi connectivity index (χ3v) is 7.41. The van der Waals surface area contributed by atoms with Crippen LogP contribution in [0.5, 0.6) is 0 Å². The first kappa shape index (κ1) is 23.5. The second-order valence-corrected chi connectivity index (χ2v) is 9.89. The van der Waals surface area contributed by atoms with Gasteiger partial charge in [-0.15, -0.1) is 0 Å². The van der Waals surface area contributed by atoms with E-state index in [1.165, 1.54) is 4.31 Å². The van der Waals surface area contributed by atoms with Gasteiger partial charge < -0.3 is 5.32 Å². The van der Waals surface area contributed by atoms with Crippen molar-refractivity contribution in [1.29, 1.82) is 0 Å². The average Bonchev–Trinajstić information content (AvgIpc) is 2.78. The fourth-order valence-electron chi connectivity index (χ4n) is 3.51. The Labute approximate surface area is 191 Å². The second kappa shape index (κ2) is 10.0. The molecule has 5 nitrogen and oxygen atoms in total. The highest BCUT2D eigenvalue weighted by atomic mass is 32.2. The Morgan fingerprint density at radius 3 is 2.16 bits per heavy atom. The van der Waals surface area contributed by atoms with E-state index in [2.05, 4.69) is 5.32 Å². The standard InChI is InChI=1S/C26H30N2O3S/c1-5-25(22-9-7-6-8-10-22)27-26(29)18-28(23-14-13-20(3)21(4)17-23)32(30,31)24-15-11-19(2)12-16-24/h6-17,25H,5,18H2,1-4H3,(H,27,29)/t25-/m1/s1. The van der Waals surface area contributed by atoms with Crippen LogP contribution in [0.2, 0.25) is 0 Å². The summed E-state index contributed by atoms with van der Waals surface area (Å²) in [6.07, 6.45) is 0.699. The molecule has 3 aromatic carbocycles. The molecule has 0 fully saturated rings. The van der Waals surface area contributed by atoms with Crippen molar-refractivity contribution in [3.8, 4) is 0 Å². The number of amides is 1. The Kier molecular flexibility index (Phi) is 7.36.